The van der Waals surface area contributed by atoms with Gasteiger partial charge < -0.3 is 5.32 Å². The fraction of sp³-hybridized carbons (Fsp3) is 0.333. The van der Waals surface area contributed by atoms with E-state index in [-0.39, 0.29) is 10.6 Å². The number of aromatic nitrogens is 3. The van der Waals surface area contributed by atoms with E-state index >= 15 is 0 Å². The summed E-state index contributed by atoms with van der Waals surface area (Å²) >= 11 is 0. The molecule has 9 heteroatoms. The first-order chi connectivity index (χ1) is 13.0. The van der Waals surface area contributed by atoms with Gasteiger partial charge in [0.25, 0.3) is 0 Å². The van der Waals surface area contributed by atoms with Crippen molar-refractivity contribution in [3.05, 3.63) is 59.1 Å². The first kappa shape index (κ1) is 19.1. The number of anilines is 1. The van der Waals surface area contributed by atoms with Crippen LogP contribution in [0.25, 0.3) is 5.65 Å². The second kappa shape index (κ2) is 7.93. The van der Waals surface area contributed by atoms with Crippen LogP contribution in [0.1, 0.15) is 13.8 Å². The average Bonchev–Trinajstić information content (AvgIpc) is 2.99. The van der Waals surface area contributed by atoms with Gasteiger partial charge in [-0.2, -0.15) is 4.31 Å². The van der Waals surface area contributed by atoms with Gasteiger partial charge in [-0.3, -0.25) is 4.40 Å². The van der Waals surface area contributed by atoms with E-state index in [2.05, 4.69) is 10.4 Å². The molecule has 0 saturated carbocycles. The molecule has 8 nitrogen and oxygen atoms in total. The second-order valence-electron chi connectivity index (χ2n) is 5.98. The lowest BCUT2D eigenvalue weighted by Crippen LogP contribution is -2.30. The predicted molar refractivity (Wildman–Crippen MR) is 104 cm³/mol. The molecule has 0 aliphatic heterocycles. The van der Waals surface area contributed by atoms with Gasteiger partial charge in [0.2, 0.25) is 10.0 Å². The summed E-state index contributed by atoms with van der Waals surface area (Å²) in [5.41, 5.74) is 1.20. The molecular formula is C18H23N5O3S. The Hall–Kier alpha value is -2.65. The Labute approximate surface area is 158 Å². The maximum atomic E-state index is 12.5. The largest absolute Gasteiger partial charge is 0.383 e. The summed E-state index contributed by atoms with van der Waals surface area (Å²) in [5, 5.41) is 7.45. The van der Waals surface area contributed by atoms with Crippen LogP contribution in [-0.2, 0) is 16.6 Å². The molecule has 0 unspecified atom stereocenters. The van der Waals surface area contributed by atoms with E-state index < -0.39 is 10.0 Å². The van der Waals surface area contributed by atoms with Gasteiger partial charge in [-0.15, -0.1) is 5.10 Å². The standard InChI is InChI=1S/C18H23N5O3S/c1-3-21(4-2)27(25,26)16-10-8-15(9-11-16)19-12-14-23-18(24)22-13-6-5-7-17(22)20-23/h5-11,13,19H,3-4,12,14H2,1-2H3. The van der Waals surface area contributed by atoms with Gasteiger partial charge in [0, 0.05) is 31.5 Å². The van der Waals surface area contributed by atoms with Crippen molar-refractivity contribution in [3.63, 3.8) is 0 Å². The maximum absolute atomic E-state index is 12.5. The molecule has 1 N–H and O–H groups in total. The topological polar surface area (TPSA) is 88.7 Å². The van der Waals surface area contributed by atoms with Gasteiger partial charge in [-0.25, -0.2) is 17.9 Å². The summed E-state index contributed by atoms with van der Waals surface area (Å²) < 4.78 is 29.3. The lowest BCUT2D eigenvalue weighted by atomic mass is 10.3. The molecule has 0 amide bonds. The third kappa shape index (κ3) is 3.88. The SMILES string of the molecule is CCN(CC)S(=O)(=O)c1ccc(NCCn2nc3ccccn3c2=O)cc1. The molecule has 27 heavy (non-hydrogen) atoms. The number of sulfonamides is 1. The maximum Gasteiger partial charge on any atom is 0.350 e. The monoisotopic (exact) mass is 389 g/mol. The van der Waals surface area contributed by atoms with Crippen LogP contribution in [0, 0.1) is 0 Å². The van der Waals surface area contributed by atoms with Crippen molar-refractivity contribution in [2.75, 3.05) is 25.0 Å². The number of nitrogens with one attached hydrogen (secondary N) is 1. The van der Waals surface area contributed by atoms with Crippen molar-refractivity contribution in [1.82, 2.24) is 18.5 Å². The van der Waals surface area contributed by atoms with Crippen LogP contribution in [0.5, 0.6) is 0 Å². The zero-order chi connectivity index (χ0) is 19.4. The molecular weight excluding hydrogens is 366 g/mol. The Balaban J connectivity index is 1.65. The fourth-order valence-electron chi connectivity index (χ4n) is 2.88. The lowest BCUT2D eigenvalue weighted by Gasteiger charge is -2.18. The van der Waals surface area contributed by atoms with Crippen molar-refractivity contribution in [2.24, 2.45) is 0 Å². The van der Waals surface area contributed by atoms with Crippen molar-refractivity contribution in [2.45, 2.75) is 25.3 Å². The molecule has 0 radical (unpaired) electrons. The van der Waals surface area contributed by atoms with Crippen LogP contribution in [0.2, 0.25) is 0 Å². The summed E-state index contributed by atoms with van der Waals surface area (Å²) in [7, 11) is -3.45. The minimum absolute atomic E-state index is 0.187. The highest BCUT2D eigenvalue weighted by molar-refractivity contribution is 7.89. The summed E-state index contributed by atoms with van der Waals surface area (Å²) in [6, 6.07) is 12.0. The summed E-state index contributed by atoms with van der Waals surface area (Å²) in [6.07, 6.45) is 1.68. The molecule has 0 bridgehead atoms. The van der Waals surface area contributed by atoms with Crippen LogP contribution < -0.4 is 11.0 Å². The first-order valence-electron chi connectivity index (χ1n) is 8.85. The Morgan fingerprint density at radius 1 is 1.07 bits per heavy atom. The van der Waals surface area contributed by atoms with Crippen molar-refractivity contribution >= 4 is 21.4 Å². The highest BCUT2D eigenvalue weighted by Crippen LogP contribution is 2.18. The van der Waals surface area contributed by atoms with Gasteiger partial charge in [-0.05, 0) is 36.4 Å². The summed E-state index contributed by atoms with van der Waals surface area (Å²) in [4.78, 5) is 12.5. The van der Waals surface area contributed by atoms with Crippen molar-refractivity contribution in [1.29, 1.82) is 0 Å². The van der Waals surface area contributed by atoms with Crippen LogP contribution >= 0.6 is 0 Å². The highest BCUT2D eigenvalue weighted by atomic mass is 32.2. The van der Waals surface area contributed by atoms with Gasteiger partial charge in [0.1, 0.15) is 0 Å². The zero-order valence-corrected chi connectivity index (χ0v) is 16.2. The lowest BCUT2D eigenvalue weighted by molar-refractivity contribution is 0.445. The summed E-state index contributed by atoms with van der Waals surface area (Å²) in [6.45, 7) is 5.40. The molecule has 0 atom stereocenters. The zero-order valence-electron chi connectivity index (χ0n) is 15.4. The molecule has 3 aromatic rings. The van der Waals surface area contributed by atoms with E-state index in [9.17, 15) is 13.2 Å². The fourth-order valence-corrected chi connectivity index (χ4v) is 4.34. The molecule has 0 saturated heterocycles. The molecule has 144 valence electrons. The molecule has 1 aromatic carbocycles. The normalized spacial score (nSPS) is 12.0. The molecule has 0 aliphatic carbocycles. The number of hydrogen-bond acceptors (Lipinski definition) is 5. The molecule has 2 aromatic heterocycles. The number of hydrogen-bond donors (Lipinski definition) is 1. The molecule has 3 rings (SSSR count). The Morgan fingerprint density at radius 3 is 2.41 bits per heavy atom. The molecule has 0 spiro atoms. The van der Waals surface area contributed by atoms with Crippen LogP contribution in [-0.4, -0.2) is 46.5 Å². The Bertz CT molecular complexity index is 1070. The molecule has 2 heterocycles. The number of fused-ring (bicyclic) bond motifs is 1. The van der Waals surface area contributed by atoms with E-state index in [0.29, 0.717) is 31.8 Å². The Kier molecular flexibility index (Phi) is 5.62. The third-order valence-corrected chi connectivity index (χ3v) is 6.40. The molecule has 0 fully saturated rings. The highest BCUT2D eigenvalue weighted by Gasteiger charge is 2.21. The van der Waals surface area contributed by atoms with Crippen LogP contribution in [0.15, 0.2) is 58.4 Å². The van der Waals surface area contributed by atoms with Crippen LogP contribution in [0.3, 0.4) is 0 Å². The van der Waals surface area contributed by atoms with Gasteiger partial charge >= 0.3 is 5.69 Å². The minimum Gasteiger partial charge on any atom is -0.383 e. The van der Waals surface area contributed by atoms with Crippen molar-refractivity contribution < 1.29 is 8.42 Å². The van der Waals surface area contributed by atoms with E-state index in [1.807, 2.05) is 19.9 Å². The molecule has 0 aliphatic rings. The predicted octanol–water partition coefficient (Wildman–Crippen LogP) is 1.64. The van der Waals surface area contributed by atoms with E-state index in [1.165, 1.54) is 13.4 Å². The first-order valence-corrected chi connectivity index (χ1v) is 10.3. The minimum atomic E-state index is -3.45. The third-order valence-electron chi connectivity index (χ3n) is 4.34. The smallest absolute Gasteiger partial charge is 0.350 e. The second-order valence-corrected chi connectivity index (χ2v) is 7.91. The summed E-state index contributed by atoms with van der Waals surface area (Å²) in [5.74, 6) is 0. The van der Waals surface area contributed by atoms with Gasteiger partial charge in [0.05, 0.1) is 11.4 Å². The van der Waals surface area contributed by atoms with E-state index in [4.69, 9.17) is 0 Å². The van der Waals surface area contributed by atoms with Crippen molar-refractivity contribution in [3.8, 4) is 0 Å². The van der Waals surface area contributed by atoms with Gasteiger partial charge in [-0.1, -0.05) is 19.9 Å². The van der Waals surface area contributed by atoms with Crippen LogP contribution in [0.4, 0.5) is 5.69 Å². The Morgan fingerprint density at radius 2 is 1.78 bits per heavy atom. The average molecular weight is 389 g/mol. The van der Waals surface area contributed by atoms with Gasteiger partial charge in [0.15, 0.2) is 5.65 Å². The number of pyridine rings is 1. The number of benzene rings is 1. The quantitative estimate of drug-likeness (QED) is 0.633. The number of nitrogens with zero attached hydrogens (tertiary/aromatic N) is 4. The van der Waals surface area contributed by atoms with E-state index in [1.54, 1.807) is 42.6 Å². The van der Waals surface area contributed by atoms with E-state index in [0.717, 1.165) is 5.69 Å². The number of rotatable bonds is 8.